The van der Waals surface area contributed by atoms with Crippen molar-refractivity contribution in [3.05, 3.63) is 11.8 Å². The molecule has 19 heavy (non-hydrogen) atoms. The fourth-order valence-electron chi connectivity index (χ4n) is 1.63. The maximum absolute atomic E-state index is 12.6. The van der Waals surface area contributed by atoms with Crippen LogP contribution in [0, 0.1) is 5.92 Å². The molecule has 0 aromatic carbocycles. The van der Waals surface area contributed by atoms with Crippen molar-refractivity contribution in [1.82, 2.24) is 9.97 Å². The fourth-order valence-corrected chi connectivity index (χ4v) is 1.63. The highest BCUT2D eigenvalue weighted by molar-refractivity contribution is 5.30. The van der Waals surface area contributed by atoms with Crippen LogP contribution in [0.4, 0.5) is 19.1 Å². The largest absolute Gasteiger partial charge is 0.477 e. The maximum atomic E-state index is 12.6. The van der Waals surface area contributed by atoms with Crippen LogP contribution in [-0.4, -0.2) is 29.8 Å². The molecular formula is C10H13F3N4O2. The van der Waals surface area contributed by atoms with Crippen LogP contribution in [-0.2, 0) is 10.9 Å². The molecule has 3 N–H and O–H groups in total. The van der Waals surface area contributed by atoms with Gasteiger partial charge in [0.15, 0.2) is 5.69 Å². The number of hydrazine groups is 1. The van der Waals surface area contributed by atoms with Crippen LogP contribution in [0.5, 0.6) is 5.88 Å². The quantitative estimate of drug-likeness (QED) is 0.636. The van der Waals surface area contributed by atoms with E-state index < -0.39 is 11.9 Å². The average molecular weight is 278 g/mol. The van der Waals surface area contributed by atoms with Crippen molar-refractivity contribution < 1.29 is 22.6 Å². The molecule has 1 unspecified atom stereocenters. The van der Waals surface area contributed by atoms with E-state index in [-0.39, 0.29) is 24.4 Å². The fraction of sp³-hybridized carbons (Fsp3) is 0.600. The van der Waals surface area contributed by atoms with Gasteiger partial charge in [-0.25, -0.2) is 10.8 Å². The van der Waals surface area contributed by atoms with Gasteiger partial charge in [0.05, 0.1) is 13.2 Å². The first-order chi connectivity index (χ1) is 8.99. The number of alkyl halides is 3. The monoisotopic (exact) mass is 278 g/mol. The third-order valence-corrected chi connectivity index (χ3v) is 2.61. The summed E-state index contributed by atoms with van der Waals surface area (Å²) in [5.74, 6) is 4.69. The van der Waals surface area contributed by atoms with Gasteiger partial charge in [-0.05, 0) is 6.42 Å². The lowest BCUT2D eigenvalue weighted by atomic mass is 10.1. The second kappa shape index (κ2) is 5.57. The van der Waals surface area contributed by atoms with Crippen molar-refractivity contribution in [2.45, 2.75) is 12.6 Å². The molecule has 0 aliphatic carbocycles. The summed E-state index contributed by atoms with van der Waals surface area (Å²) in [4.78, 5) is 6.94. The number of rotatable bonds is 4. The molecule has 6 nitrogen and oxygen atoms in total. The van der Waals surface area contributed by atoms with E-state index in [1.54, 1.807) is 0 Å². The van der Waals surface area contributed by atoms with Crippen molar-refractivity contribution >= 4 is 5.95 Å². The van der Waals surface area contributed by atoms with E-state index in [9.17, 15) is 13.2 Å². The van der Waals surface area contributed by atoms with Crippen LogP contribution in [0.2, 0.25) is 0 Å². The Morgan fingerprint density at radius 1 is 1.47 bits per heavy atom. The molecule has 2 rings (SSSR count). The molecule has 1 fully saturated rings. The van der Waals surface area contributed by atoms with Gasteiger partial charge in [-0.2, -0.15) is 18.2 Å². The van der Waals surface area contributed by atoms with Crippen LogP contribution in [0.1, 0.15) is 12.1 Å². The van der Waals surface area contributed by atoms with E-state index in [1.807, 2.05) is 5.43 Å². The van der Waals surface area contributed by atoms with Gasteiger partial charge < -0.3 is 9.47 Å². The minimum atomic E-state index is -4.58. The molecule has 0 amide bonds. The van der Waals surface area contributed by atoms with Crippen molar-refractivity contribution in [2.75, 3.05) is 25.2 Å². The predicted octanol–water partition coefficient (Wildman–Crippen LogP) is 1.20. The van der Waals surface area contributed by atoms with Gasteiger partial charge in [0.1, 0.15) is 0 Å². The zero-order valence-electron chi connectivity index (χ0n) is 9.91. The summed E-state index contributed by atoms with van der Waals surface area (Å²) in [5, 5.41) is 0. The number of halogens is 3. The van der Waals surface area contributed by atoms with E-state index in [4.69, 9.17) is 15.3 Å². The molecule has 106 valence electrons. The summed E-state index contributed by atoms with van der Waals surface area (Å²) in [6, 6.07) is 0.747. The number of nitrogens with two attached hydrogens (primary N) is 1. The summed E-state index contributed by atoms with van der Waals surface area (Å²) >= 11 is 0. The summed E-state index contributed by atoms with van der Waals surface area (Å²) in [7, 11) is 0. The molecule has 0 saturated carbocycles. The van der Waals surface area contributed by atoms with Gasteiger partial charge in [0.25, 0.3) is 0 Å². The molecule has 1 aromatic heterocycles. The molecule has 1 aliphatic rings. The smallest absolute Gasteiger partial charge is 0.433 e. The average Bonchev–Trinajstić information content (AvgIpc) is 2.88. The lowest BCUT2D eigenvalue weighted by Gasteiger charge is -2.12. The second-order valence-corrected chi connectivity index (χ2v) is 4.10. The SMILES string of the molecule is NNc1nc(OCC2CCOC2)cc(C(F)(F)F)n1. The standard InChI is InChI=1S/C10H13F3N4O2/c11-10(12,13)7-3-8(16-9(15-7)17-14)19-5-6-1-2-18-4-6/h3,6H,1-2,4-5,14H2,(H,15,16,17). The summed E-state index contributed by atoms with van der Waals surface area (Å²) < 4.78 is 48.2. The molecule has 1 saturated heterocycles. The third kappa shape index (κ3) is 3.67. The van der Waals surface area contributed by atoms with E-state index in [1.165, 1.54) is 0 Å². The summed E-state index contributed by atoms with van der Waals surface area (Å²) in [6.07, 6.45) is -3.76. The molecule has 1 aromatic rings. The molecule has 0 spiro atoms. The van der Waals surface area contributed by atoms with Crippen LogP contribution in [0.25, 0.3) is 0 Å². The highest BCUT2D eigenvalue weighted by Crippen LogP contribution is 2.30. The zero-order valence-corrected chi connectivity index (χ0v) is 9.91. The Balaban J connectivity index is 2.10. The first-order valence-corrected chi connectivity index (χ1v) is 5.62. The van der Waals surface area contributed by atoms with Crippen molar-refractivity contribution in [3.8, 4) is 5.88 Å². The first-order valence-electron chi connectivity index (χ1n) is 5.62. The van der Waals surface area contributed by atoms with Gasteiger partial charge in [-0.1, -0.05) is 0 Å². The number of hydrogen-bond donors (Lipinski definition) is 2. The Morgan fingerprint density at radius 2 is 2.26 bits per heavy atom. The van der Waals surface area contributed by atoms with Crippen molar-refractivity contribution in [2.24, 2.45) is 11.8 Å². The van der Waals surface area contributed by atoms with Gasteiger partial charge >= 0.3 is 6.18 Å². The van der Waals surface area contributed by atoms with Crippen LogP contribution in [0.3, 0.4) is 0 Å². The minimum absolute atomic E-state index is 0.165. The molecule has 2 heterocycles. The van der Waals surface area contributed by atoms with Crippen molar-refractivity contribution in [1.29, 1.82) is 0 Å². The summed E-state index contributed by atoms with van der Waals surface area (Å²) in [5.41, 5.74) is 0.877. The minimum Gasteiger partial charge on any atom is -0.477 e. The third-order valence-electron chi connectivity index (χ3n) is 2.61. The number of anilines is 1. The molecule has 1 atom stereocenters. The number of nitrogens with one attached hydrogen (secondary N) is 1. The zero-order chi connectivity index (χ0) is 13.9. The Bertz CT molecular complexity index is 435. The van der Waals surface area contributed by atoms with E-state index >= 15 is 0 Å². The van der Waals surface area contributed by atoms with Gasteiger partial charge in [0, 0.05) is 18.6 Å². The Labute approximate surface area is 107 Å². The highest BCUT2D eigenvalue weighted by atomic mass is 19.4. The lowest BCUT2D eigenvalue weighted by Crippen LogP contribution is -2.17. The van der Waals surface area contributed by atoms with Crippen molar-refractivity contribution in [3.63, 3.8) is 0 Å². The number of nitrogens with zero attached hydrogens (tertiary/aromatic N) is 2. The van der Waals surface area contributed by atoms with Crippen LogP contribution in [0.15, 0.2) is 6.07 Å². The van der Waals surface area contributed by atoms with Gasteiger partial charge in [-0.15, -0.1) is 0 Å². The normalized spacial score (nSPS) is 19.5. The number of aromatic nitrogens is 2. The van der Waals surface area contributed by atoms with E-state index in [0.717, 1.165) is 12.5 Å². The molecule has 0 bridgehead atoms. The van der Waals surface area contributed by atoms with Crippen LogP contribution < -0.4 is 16.0 Å². The number of hydrogen-bond acceptors (Lipinski definition) is 6. The summed E-state index contributed by atoms with van der Waals surface area (Å²) in [6.45, 7) is 1.43. The Hall–Kier alpha value is -1.61. The highest BCUT2D eigenvalue weighted by Gasteiger charge is 2.34. The van der Waals surface area contributed by atoms with E-state index in [0.29, 0.717) is 13.2 Å². The molecule has 0 radical (unpaired) electrons. The maximum Gasteiger partial charge on any atom is 0.433 e. The van der Waals surface area contributed by atoms with Crippen LogP contribution >= 0.6 is 0 Å². The van der Waals surface area contributed by atoms with Gasteiger partial charge in [0.2, 0.25) is 11.8 Å². The number of nitrogen functional groups attached to an aromatic ring is 1. The number of ether oxygens (including phenoxy) is 2. The Morgan fingerprint density at radius 3 is 2.84 bits per heavy atom. The first kappa shape index (κ1) is 13.8. The lowest BCUT2D eigenvalue weighted by molar-refractivity contribution is -0.141. The topological polar surface area (TPSA) is 82.3 Å². The van der Waals surface area contributed by atoms with E-state index in [2.05, 4.69) is 9.97 Å². The molecule has 9 heteroatoms. The molecule has 1 aliphatic heterocycles. The second-order valence-electron chi connectivity index (χ2n) is 4.10. The van der Waals surface area contributed by atoms with Gasteiger partial charge in [-0.3, -0.25) is 5.43 Å². The predicted molar refractivity (Wildman–Crippen MR) is 59.3 cm³/mol. The molecular weight excluding hydrogens is 265 g/mol. The Kier molecular flexibility index (Phi) is 4.05.